The molecule has 1 aliphatic rings. The highest BCUT2D eigenvalue weighted by atomic mass is 15.1. The molecule has 5 nitrogen and oxygen atoms in total. The minimum absolute atomic E-state index is 0.594. The summed E-state index contributed by atoms with van der Waals surface area (Å²) < 4.78 is 2.15. The third-order valence-electron chi connectivity index (χ3n) is 4.70. The van der Waals surface area contributed by atoms with E-state index in [0.717, 1.165) is 33.9 Å². The number of benzene rings is 1. The zero-order valence-corrected chi connectivity index (χ0v) is 14.6. The van der Waals surface area contributed by atoms with Crippen molar-refractivity contribution < 1.29 is 0 Å². The first-order chi connectivity index (χ1) is 12.8. The van der Waals surface area contributed by atoms with E-state index in [2.05, 4.69) is 57.1 Å². The summed E-state index contributed by atoms with van der Waals surface area (Å²) in [7, 11) is 0. The van der Waals surface area contributed by atoms with Crippen molar-refractivity contribution in [1.29, 1.82) is 0 Å². The fourth-order valence-electron chi connectivity index (χ4n) is 3.12. The molecule has 0 spiro atoms. The molecule has 0 aliphatic heterocycles. The Kier molecular flexibility index (Phi) is 3.45. The summed E-state index contributed by atoms with van der Waals surface area (Å²) in [5.41, 5.74) is 5.21. The molecule has 0 atom stereocenters. The molecule has 1 saturated carbocycles. The predicted octanol–water partition coefficient (Wildman–Crippen LogP) is 4.37. The SMILES string of the molecule is Cc1ccc(-n2c(-c3ccc(NC4CC4)nc3)nc3ccncc32)cc1. The van der Waals surface area contributed by atoms with Crippen LogP contribution in [0.1, 0.15) is 18.4 Å². The standard InChI is InChI=1S/C21H19N5/c1-14-2-7-17(8-3-14)26-19-13-22-11-10-18(19)25-21(26)15-4-9-20(23-12-15)24-16-5-6-16/h2-4,7-13,16H,5-6H2,1H3,(H,23,24). The number of hydrogen-bond acceptors (Lipinski definition) is 4. The Bertz CT molecular complexity index is 1060. The van der Waals surface area contributed by atoms with Gasteiger partial charge in [0.05, 0.1) is 17.2 Å². The van der Waals surface area contributed by atoms with Crippen molar-refractivity contribution in [1.82, 2.24) is 19.5 Å². The summed E-state index contributed by atoms with van der Waals surface area (Å²) in [4.78, 5) is 13.7. The van der Waals surface area contributed by atoms with Gasteiger partial charge in [-0.25, -0.2) is 9.97 Å². The van der Waals surface area contributed by atoms with Gasteiger partial charge in [0, 0.05) is 29.7 Å². The number of hydrogen-bond donors (Lipinski definition) is 1. The summed E-state index contributed by atoms with van der Waals surface area (Å²) in [6.45, 7) is 2.09. The molecule has 0 amide bonds. The average Bonchev–Trinajstić information content (AvgIpc) is 3.40. The monoisotopic (exact) mass is 341 g/mol. The van der Waals surface area contributed by atoms with Crippen LogP contribution in [0.5, 0.6) is 0 Å². The van der Waals surface area contributed by atoms with E-state index in [4.69, 9.17) is 4.98 Å². The Hall–Kier alpha value is -3.21. The van der Waals surface area contributed by atoms with E-state index in [0.29, 0.717) is 6.04 Å². The lowest BCUT2D eigenvalue weighted by atomic mass is 10.2. The zero-order valence-electron chi connectivity index (χ0n) is 14.6. The van der Waals surface area contributed by atoms with Gasteiger partial charge in [-0.15, -0.1) is 0 Å². The molecule has 0 saturated heterocycles. The zero-order chi connectivity index (χ0) is 17.5. The van der Waals surface area contributed by atoms with Crippen molar-refractivity contribution in [2.24, 2.45) is 0 Å². The number of nitrogens with zero attached hydrogens (tertiary/aromatic N) is 4. The second-order valence-electron chi connectivity index (χ2n) is 6.82. The molecule has 128 valence electrons. The van der Waals surface area contributed by atoms with Crippen molar-refractivity contribution in [3.05, 3.63) is 66.6 Å². The Morgan fingerprint density at radius 3 is 2.58 bits per heavy atom. The first-order valence-electron chi connectivity index (χ1n) is 8.90. The number of aromatic nitrogens is 4. The highest BCUT2D eigenvalue weighted by Crippen LogP contribution is 2.29. The lowest BCUT2D eigenvalue weighted by molar-refractivity contribution is 1.08. The number of nitrogens with one attached hydrogen (secondary N) is 1. The molecule has 0 radical (unpaired) electrons. The lowest BCUT2D eigenvalue weighted by Gasteiger charge is -2.10. The van der Waals surface area contributed by atoms with E-state index in [-0.39, 0.29) is 0 Å². The maximum atomic E-state index is 4.85. The van der Waals surface area contributed by atoms with E-state index in [1.54, 1.807) is 6.20 Å². The van der Waals surface area contributed by atoms with Crippen LogP contribution >= 0.6 is 0 Å². The van der Waals surface area contributed by atoms with E-state index >= 15 is 0 Å². The third kappa shape index (κ3) is 2.71. The molecule has 1 fully saturated rings. The molecule has 3 heterocycles. The van der Waals surface area contributed by atoms with Gasteiger partial charge >= 0.3 is 0 Å². The van der Waals surface area contributed by atoms with E-state index in [1.165, 1.54) is 18.4 Å². The maximum Gasteiger partial charge on any atom is 0.147 e. The second kappa shape index (κ2) is 5.95. The van der Waals surface area contributed by atoms with Crippen LogP contribution in [0.2, 0.25) is 0 Å². The van der Waals surface area contributed by atoms with Gasteiger partial charge in [-0.05, 0) is 50.1 Å². The van der Waals surface area contributed by atoms with Crippen LogP contribution < -0.4 is 5.32 Å². The van der Waals surface area contributed by atoms with Crippen molar-refractivity contribution in [3.8, 4) is 17.1 Å². The maximum absolute atomic E-state index is 4.85. The number of fused-ring (bicyclic) bond motifs is 1. The quantitative estimate of drug-likeness (QED) is 0.599. The molecule has 4 aromatic rings. The topological polar surface area (TPSA) is 55.6 Å². The molecule has 26 heavy (non-hydrogen) atoms. The van der Waals surface area contributed by atoms with Crippen LogP contribution in [0.4, 0.5) is 5.82 Å². The fraction of sp³-hybridized carbons (Fsp3) is 0.190. The summed E-state index contributed by atoms with van der Waals surface area (Å²) in [6.07, 6.45) is 8.00. The van der Waals surface area contributed by atoms with Gasteiger partial charge in [-0.1, -0.05) is 17.7 Å². The molecule has 5 heteroatoms. The number of anilines is 1. The molecule has 0 bridgehead atoms. The fourth-order valence-corrected chi connectivity index (χ4v) is 3.12. The van der Waals surface area contributed by atoms with E-state index in [9.17, 15) is 0 Å². The molecule has 1 aliphatic carbocycles. The summed E-state index contributed by atoms with van der Waals surface area (Å²) in [5, 5.41) is 3.43. The molecule has 5 rings (SSSR count). The highest BCUT2D eigenvalue weighted by molar-refractivity contribution is 5.82. The largest absolute Gasteiger partial charge is 0.367 e. The molecule has 3 aromatic heterocycles. The number of aryl methyl sites for hydroxylation is 1. The van der Waals surface area contributed by atoms with Gasteiger partial charge in [0.1, 0.15) is 11.6 Å². The first kappa shape index (κ1) is 15.1. The lowest BCUT2D eigenvalue weighted by Crippen LogP contribution is -2.03. The van der Waals surface area contributed by atoms with Crippen molar-refractivity contribution in [2.45, 2.75) is 25.8 Å². The summed E-state index contributed by atoms with van der Waals surface area (Å²) in [6, 6.07) is 15.1. The minimum atomic E-state index is 0.594. The van der Waals surface area contributed by atoms with Gasteiger partial charge in [-0.3, -0.25) is 9.55 Å². The van der Waals surface area contributed by atoms with Crippen LogP contribution in [-0.2, 0) is 0 Å². The third-order valence-corrected chi connectivity index (χ3v) is 4.70. The molecule has 0 unspecified atom stereocenters. The van der Waals surface area contributed by atoms with Crippen molar-refractivity contribution in [2.75, 3.05) is 5.32 Å². The van der Waals surface area contributed by atoms with Gasteiger partial charge < -0.3 is 5.32 Å². The smallest absolute Gasteiger partial charge is 0.147 e. The molecular formula is C21H19N5. The van der Waals surface area contributed by atoms with Gasteiger partial charge in [-0.2, -0.15) is 0 Å². The van der Waals surface area contributed by atoms with Crippen molar-refractivity contribution >= 4 is 16.9 Å². The predicted molar refractivity (Wildman–Crippen MR) is 103 cm³/mol. The molecule has 1 N–H and O–H groups in total. The Morgan fingerprint density at radius 2 is 1.85 bits per heavy atom. The molecule has 1 aromatic carbocycles. The summed E-state index contributed by atoms with van der Waals surface area (Å²) >= 11 is 0. The van der Waals surface area contributed by atoms with Gasteiger partial charge in [0.25, 0.3) is 0 Å². The van der Waals surface area contributed by atoms with Crippen LogP contribution in [0, 0.1) is 6.92 Å². The number of pyridine rings is 2. The Labute approximate surface area is 151 Å². The van der Waals surface area contributed by atoms with Gasteiger partial charge in [0.15, 0.2) is 0 Å². The number of rotatable bonds is 4. The van der Waals surface area contributed by atoms with Crippen LogP contribution in [-0.4, -0.2) is 25.6 Å². The minimum Gasteiger partial charge on any atom is -0.367 e. The van der Waals surface area contributed by atoms with Crippen molar-refractivity contribution in [3.63, 3.8) is 0 Å². The van der Waals surface area contributed by atoms with Crippen LogP contribution in [0.25, 0.3) is 28.1 Å². The first-order valence-corrected chi connectivity index (χ1v) is 8.90. The highest BCUT2D eigenvalue weighted by Gasteiger charge is 2.21. The van der Waals surface area contributed by atoms with Crippen LogP contribution in [0.3, 0.4) is 0 Å². The molecular weight excluding hydrogens is 322 g/mol. The second-order valence-corrected chi connectivity index (χ2v) is 6.82. The van der Waals surface area contributed by atoms with Gasteiger partial charge in [0.2, 0.25) is 0 Å². The summed E-state index contributed by atoms with van der Waals surface area (Å²) in [5.74, 6) is 1.80. The Morgan fingerprint density at radius 1 is 1.00 bits per heavy atom. The normalized spacial score (nSPS) is 13.9. The number of imidazole rings is 1. The average molecular weight is 341 g/mol. The van der Waals surface area contributed by atoms with E-state index < -0.39 is 0 Å². The Balaban J connectivity index is 1.64. The van der Waals surface area contributed by atoms with Crippen LogP contribution in [0.15, 0.2) is 61.1 Å². The van der Waals surface area contributed by atoms with E-state index in [1.807, 2.05) is 24.5 Å².